The van der Waals surface area contributed by atoms with E-state index < -0.39 is 5.41 Å². The van der Waals surface area contributed by atoms with Crippen LogP contribution in [0.3, 0.4) is 0 Å². The van der Waals surface area contributed by atoms with Crippen molar-refractivity contribution in [3.05, 3.63) is 245 Å². The molecule has 1 aliphatic carbocycles. The largest absolute Gasteiger partial charge is 0.398 e. The Labute approximate surface area is 323 Å². The first kappa shape index (κ1) is 33.8. The van der Waals surface area contributed by atoms with Gasteiger partial charge in [0.25, 0.3) is 0 Å². The van der Waals surface area contributed by atoms with Gasteiger partial charge in [0.2, 0.25) is 0 Å². The zero-order valence-corrected chi connectivity index (χ0v) is 30.8. The second-order valence-electron chi connectivity index (χ2n) is 14.2. The number of aliphatic imine (C=N–C) groups is 1. The van der Waals surface area contributed by atoms with Gasteiger partial charge in [0, 0.05) is 24.0 Å². The van der Waals surface area contributed by atoms with Crippen molar-refractivity contribution in [3.63, 3.8) is 0 Å². The van der Waals surface area contributed by atoms with E-state index in [1.54, 1.807) is 6.08 Å². The Hall–Kier alpha value is -6.97. The molecule has 2 N–H and O–H groups in total. The van der Waals surface area contributed by atoms with Gasteiger partial charge in [0.05, 0.1) is 11.1 Å². The van der Waals surface area contributed by atoms with Crippen molar-refractivity contribution in [2.75, 3.05) is 12.8 Å². The Kier molecular flexibility index (Phi) is 8.68. The zero-order valence-electron chi connectivity index (χ0n) is 30.8. The lowest BCUT2D eigenvalue weighted by Gasteiger charge is -2.36. The lowest BCUT2D eigenvalue weighted by Crippen LogP contribution is -2.30. The summed E-state index contributed by atoms with van der Waals surface area (Å²) >= 11 is 0. The van der Waals surface area contributed by atoms with Gasteiger partial charge in [-0.2, -0.15) is 0 Å². The first-order valence-corrected chi connectivity index (χ1v) is 18.8. The molecule has 3 nitrogen and oxygen atoms in total. The van der Waals surface area contributed by atoms with Crippen molar-refractivity contribution in [2.45, 2.75) is 11.6 Å². The van der Waals surface area contributed by atoms with Crippen LogP contribution in [0.5, 0.6) is 0 Å². The maximum absolute atomic E-state index is 6.96. The summed E-state index contributed by atoms with van der Waals surface area (Å²) in [5, 5.41) is 0. The third-order valence-electron chi connectivity index (χ3n) is 11.2. The molecule has 0 amide bonds. The third kappa shape index (κ3) is 5.73. The SMILES string of the molecule is C=C/C=C\c1cccc(C2=CC(c3ccc(-c4ccccc4)cc3)=NC(c3ccc4c(c3)C(c3ccccc3)(c3ccccc3)c3ccccc3-4)N2C)c1N. The second-order valence-corrected chi connectivity index (χ2v) is 14.2. The highest BCUT2D eigenvalue weighted by molar-refractivity contribution is 6.13. The molecular weight excluding hydrogens is 667 g/mol. The highest BCUT2D eigenvalue weighted by Crippen LogP contribution is 2.56. The topological polar surface area (TPSA) is 41.6 Å². The molecule has 0 saturated carbocycles. The second kappa shape index (κ2) is 14.1. The van der Waals surface area contributed by atoms with Gasteiger partial charge < -0.3 is 10.6 Å². The predicted octanol–water partition coefficient (Wildman–Crippen LogP) is 12.0. The van der Waals surface area contributed by atoms with Crippen molar-refractivity contribution in [2.24, 2.45) is 4.99 Å². The average molecular weight is 708 g/mol. The predicted molar refractivity (Wildman–Crippen MR) is 231 cm³/mol. The van der Waals surface area contributed by atoms with Crippen LogP contribution in [0.15, 0.2) is 206 Å². The number of fused-ring (bicyclic) bond motifs is 3. The van der Waals surface area contributed by atoms with E-state index in [2.05, 4.69) is 188 Å². The van der Waals surface area contributed by atoms with Gasteiger partial charge in [-0.15, -0.1) is 0 Å². The Balaban J connectivity index is 1.24. The molecule has 3 heteroatoms. The zero-order chi connectivity index (χ0) is 37.4. The lowest BCUT2D eigenvalue weighted by molar-refractivity contribution is 0.364. The maximum Gasteiger partial charge on any atom is 0.147 e. The van der Waals surface area contributed by atoms with Crippen molar-refractivity contribution >= 4 is 23.2 Å². The monoisotopic (exact) mass is 707 g/mol. The minimum absolute atomic E-state index is 0.325. The van der Waals surface area contributed by atoms with Crippen molar-refractivity contribution in [1.82, 2.24) is 4.90 Å². The molecule has 0 aromatic heterocycles. The van der Waals surface area contributed by atoms with Crippen LogP contribution in [0.1, 0.15) is 50.7 Å². The molecule has 7 aromatic rings. The van der Waals surface area contributed by atoms with Crippen LogP contribution in [0, 0.1) is 0 Å². The first-order chi connectivity index (χ1) is 27.1. The van der Waals surface area contributed by atoms with Crippen LogP contribution in [0.4, 0.5) is 5.69 Å². The standard InChI is InChI=1S/C52H41N3/c1-3-4-17-39-20-16-26-45(50(39)53)49-35-48(38-30-28-37(29-31-38)36-18-8-5-9-19-36)54-51(55(49)2)40-32-33-44-43-25-14-15-27-46(43)52(47(44)34-40,41-21-10-6-11-22-41)42-23-12-7-13-24-42/h3-35,51H,1,53H2,2H3/b17-4-. The number of rotatable bonds is 8. The number of nitrogens with two attached hydrogens (primary N) is 1. The van der Waals surface area contributed by atoms with Crippen LogP contribution in [0.2, 0.25) is 0 Å². The number of nitrogen functional groups attached to an aromatic ring is 1. The Morgan fingerprint density at radius 2 is 1.18 bits per heavy atom. The van der Waals surface area contributed by atoms with Crippen LogP contribution < -0.4 is 5.73 Å². The smallest absolute Gasteiger partial charge is 0.147 e. The van der Waals surface area contributed by atoms with Gasteiger partial charge in [-0.3, -0.25) is 4.99 Å². The molecule has 55 heavy (non-hydrogen) atoms. The van der Waals surface area contributed by atoms with E-state index >= 15 is 0 Å². The van der Waals surface area contributed by atoms with Crippen LogP contribution in [-0.2, 0) is 5.41 Å². The molecule has 9 rings (SSSR count). The summed E-state index contributed by atoms with van der Waals surface area (Å²) in [5.74, 6) is 0. The first-order valence-electron chi connectivity index (χ1n) is 18.8. The molecule has 2 aliphatic rings. The fraction of sp³-hybridized carbons (Fsp3) is 0.0577. The highest BCUT2D eigenvalue weighted by atomic mass is 15.2. The summed E-state index contributed by atoms with van der Waals surface area (Å²) in [5.41, 5.74) is 23.0. The maximum atomic E-state index is 6.96. The van der Waals surface area contributed by atoms with E-state index in [9.17, 15) is 0 Å². The van der Waals surface area contributed by atoms with Crippen LogP contribution in [0.25, 0.3) is 34.0 Å². The molecule has 1 aliphatic heterocycles. The summed E-state index contributed by atoms with van der Waals surface area (Å²) in [7, 11) is 2.13. The molecular formula is C52H41N3. The van der Waals surface area contributed by atoms with E-state index in [0.717, 1.165) is 39.3 Å². The van der Waals surface area contributed by atoms with E-state index in [-0.39, 0.29) is 6.17 Å². The number of allylic oxidation sites excluding steroid dienone is 3. The molecule has 1 unspecified atom stereocenters. The Morgan fingerprint density at radius 3 is 1.87 bits per heavy atom. The Bertz CT molecular complexity index is 2580. The van der Waals surface area contributed by atoms with Gasteiger partial charge in [0.1, 0.15) is 6.17 Å². The Morgan fingerprint density at radius 1 is 0.600 bits per heavy atom. The van der Waals surface area contributed by atoms with Crippen molar-refractivity contribution in [1.29, 1.82) is 0 Å². The molecule has 0 radical (unpaired) electrons. The molecule has 7 aromatic carbocycles. The van der Waals surface area contributed by atoms with Gasteiger partial charge in [-0.05, 0) is 73.3 Å². The van der Waals surface area contributed by atoms with Gasteiger partial charge in [-0.1, -0.05) is 195 Å². The third-order valence-corrected chi connectivity index (χ3v) is 11.2. The van der Waals surface area contributed by atoms with E-state index in [1.165, 1.54) is 44.5 Å². The van der Waals surface area contributed by atoms with E-state index in [4.69, 9.17) is 10.7 Å². The van der Waals surface area contributed by atoms with E-state index in [0.29, 0.717) is 0 Å². The molecule has 0 bridgehead atoms. The number of para-hydroxylation sites is 1. The van der Waals surface area contributed by atoms with Crippen molar-refractivity contribution in [3.8, 4) is 22.3 Å². The van der Waals surface area contributed by atoms with Gasteiger partial charge in [-0.25, -0.2) is 0 Å². The highest BCUT2D eigenvalue weighted by Gasteiger charge is 2.46. The molecule has 0 saturated heterocycles. The van der Waals surface area contributed by atoms with Crippen LogP contribution in [-0.4, -0.2) is 17.7 Å². The number of anilines is 1. The van der Waals surface area contributed by atoms with Crippen molar-refractivity contribution < 1.29 is 0 Å². The van der Waals surface area contributed by atoms with Crippen LogP contribution >= 0.6 is 0 Å². The summed E-state index contributed by atoms with van der Waals surface area (Å²) in [6.07, 6.45) is 7.56. The lowest BCUT2D eigenvalue weighted by atomic mass is 9.67. The molecule has 1 heterocycles. The number of benzene rings is 7. The summed E-state index contributed by atoms with van der Waals surface area (Å²) in [4.78, 5) is 7.82. The van der Waals surface area contributed by atoms with Gasteiger partial charge >= 0.3 is 0 Å². The molecule has 1 atom stereocenters. The average Bonchev–Trinajstić information content (AvgIpc) is 3.55. The van der Waals surface area contributed by atoms with E-state index in [1.807, 2.05) is 24.3 Å². The van der Waals surface area contributed by atoms with Gasteiger partial charge in [0.15, 0.2) is 0 Å². The fourth-order valence-electron chi connectivity index (χ4n) is 8.55. The summed E-state index contributed by atoms with van der Waals surface area (Å²) in [6.45, 7) is 3.87. The quantitative estimate of drug-likeness (QED) is 0.126. The summed E-state index contributed by atoms with van der Waals surface area (Å²) < 4.78 is 0. The molecule has 0 fully saturated rings. The molecule has 0 spiro atoms. The number of hydrogen-bond acceptors (Lipinski definition) is 3. The number of nitrogens with zero attached hydrogens (tertiary/aromatic N) is 2. The minimum Gasteiger partial charge on any atom is -0.398 e. The summed E-state index contributed by atoms with van der Waals surface area (Å²) in [6, 6.07) is 63.2. The minimum atomic E-state index is -0.508. The molecule has 264 valence electrons. The fourth-order valence-corrected chi connectivity index (χ4v) is 8.55. The number of hydrogen-bond donors (Lipinski definition) is 1. The normalized spacial score (nSPS) is 15.6.